The maximum absolute atomic E-state index is 13.8. The van der Waals surface area contributed by atoms with Gasteiger partial charge < -0.3 is 4.90 Å². The number of nitrogens with zero attached hydrogens (tertiary/aromatic N) is 6. The van der Waals surface area contributed by atoms with E-state index >= 15 is 0 Å². The molecular weight excluding hydrogens is 339 g/mol. The molecule has 1 atom stereocenters. The zero-order chi connectivity index (χ0) is 18.1. The lowest BCUT2D eigenvalue weighted by molar-refractivity contribution is 0.0724. The molecule has 0 radical (unpaired) electrons. The second-order valence-corrected chi connectivity index (χ2v) is 6.28. The van der Waals surface area contributed by atoms with E-state index in [0.717, 1.165) is 12.8 Å². The summed E-state index contributed by atoms with van der Waals surface area (Å²) in [5.41, 5.74) is 2.06. The van der Waals surface area contributed by atoms with Crippen LogP contribution in [-0.2, 0) is 6.54 Å². The summed E-state index contributed by atoms with van der Waals surface area (Å²) in [5.74, 6) is -0.542. The van der Waals surface area contributed by atoms with Gasteiger partial charge in [-0.3, -0.25) is 4.79 Å². The molecule has 0 aliphatic carbocycles. The van der Waals surface area contributed by atoms with Crippen LogP contribution in [0.3, 0.4) is 0 Å². The predicted molar refractivity (Wildman–Crippen MR) is 87.6 cm³/mol. The summed E-state index contributed by atoms with van der Waals surface area (Å²) in [5, 5.41) is 15.6. The topological polar surface area (TPSA) is 89.9 Å². The van der Waals surface area contributed by atoms with Crippen molar-refractivity contribution in [3.05, 3.63) is 58.9 Å². The molecule has 0 unspecified atom stereocenters. The SMILES string of the molecule is Cc1nonc1[C@@H]1CCCN1C(=O)c1cn(Cc2ccccc2F)nn1. The first kappa shape index (κ1) is 16.4. The van der Waals surface area contributed by atoms with Gasteiger partial charge in [0.05, 0.1) is 18.8 Å². The predicted octanol–water partition coefficient (Wildman–Crippen LogP) is 2.13. The summed E-state index contributed by atoms with van der Waals surface area (Å²) in [6.07, 6.45) is 3.20. The Hall–Kier alpha value is -3.10. The van der Waals surface area contributed by atoms with Crippen LogP contribution in [0.5, 0.6) is 0 Å². The Balaban J connectivity index is 1.53. The van der Waals surface area contributed by atoms with Crippen LogP contribution in [0, 0.1) is 12.7 Å². The third-order valence-electron chi connectivity index (χ3n) is 4.56. The fourth-order valence-electron chi connectivity index (χ4n) is 3.26. The Morgan fingerprint density at radius 3 is 2.96 bits per heavy atom. The zero-order valence-corrected chi connectivity index (χ0v) is 14.2. The summed E-state index contributed by atoms with van der Waals surface area (Å²) in [6, 6.07) is 6.27. The smallest absolute Gasteiger partial charge is 0.276 e. The Morgan fingerprint density at radius 2 is 2.19 bits per heavy atom. The normalized spacial score (nSPS) is 17.0. The van der Waals surface area contributed by atoms with E-state index in [1.54, 1.807) is 30.0 Å². The van der Waals surface area contributed by atoms with Crippen LogP contribution in [0.4, 0.5) is 4.39 Å². The Labute approximate surface area is 148 Å². The van der Waals surface area contributed by atoms with Crippen LogP contribution in [0.25, 0.3) is 0 Å². The largest absolute Gasteiger partial charge is 0.328 e. The van der Waals surface area contributed by atoms with Gasteiger partial charge in [0.1, 0.15) is 17.2 Å². The van der Waals surface area contributed by atoms with Gasteiger partial charge >= 0.3 is 0 Å². The minimum Gasteiger partial charge on any atom is -0.328 e. The highest BCUT2D eigenvalue weighted by Gasteiger charge is 2.35. The van der Waals surface area contributed by atoms with Crippen molar-refractivity contribution in [3.63, 3.8) is 0 Å². The second-order valence-electron chi connectivity index (χ2n) is 6.28. The fraction of sp³-hybridized carbons (Fsp3) is 0.353. The Kier molecular flexibility index (Phi) is 4.19. The number of carbonyl (C=O) groups is 1. The van der Waals surface area contributed by atoms with Crippen molar-refractivity contribution in [3.8, 4) is 0 Å². The van der Waals surface area contributed by atoms with Crippen molar-refractivity contribution in [2.75, 3.05) is 6.54 Å². The molecule has 1 aliphatic heterocycles. The van der Waals surface area contributed by atoms with E-state index in [9.17, 15) is 9.18 Å². The van der Waals surface area contributed by atoms with Crippen LogP contribution in [0.2, 0.25) is 0 Å². The standard InChI is InChI=1S/C17H17FN6O2/c1-11-16(21-26-20-11)15-7-4-8-24(15)17(25)14-10-23(22-19-14)9-12-5-2-3-6-13(12)18/h2-3,5-6,10,15H,4,7-9H2,1H3/t15-/m0/s1. The summed E-state index contributed by atoms with van der Waals surface area (Å²) < 4.78 is 20.0. The van der Waals surface area contributed by atoms with E-state index in [-0.39, 0.29) is 30.0 Å². The van der Waals surface area contributed by atoms with Crippen molar-refractivity contribution in [2.24, 2.45) is 0 Å². The van der Waals surface area contributed by atoms with Crippen molar-refractivity contribution in [2.45, 2.75) is 32.4 Å². The summed E-state index contributed by atoms with van der Waals surface area (Å²) in [6.45, 7) is 2.62. The van der Waals surface area contributed by atoms with Gasteiger partial charge in [-0.1, -0.05) is 33.7 Å². The molecule has 3 aromatic rings. The number of benzene rings is 1. The first-order valence-electron chi connectivity index (χ1n) is 8.37. The summed E-state index contributed by atoms with van der Waals surface area (Å²) >= 11 is 0. The molecule has 1 aromatic carbocycles. The maximum Gasteiger partial charge on any atom is 0.276 e. The van der Waals surface area contributed by atoms with Crippen LogP contribution in [0.15, 0.2) is 35.1 Å². The second kappa shape index (κ2) is 6.66. The van der Waals surface area contributed by atoms with Crippen molar-refractivity contribution >= 4 is 5.91 Å². The lowest BCUT2D eigenvalue weighted by atomic mass is 10.1. The van der Waals surface area contributed by atoms with Crippen LogP contribution < -0.4 is 0 Å². The van der Waals surface area contributed by atoms with Gasteiger partial charge in [0.25, 0.3) is 5.91 Å². The van der Waals surface area contributed by atoms with Gasteiger partial charge in [-0.25, -0.2) is 13.7 Å². The monoisotopic (exact) mass is 356 g/mol. The van der Waals surface area contributed by atoms with Crippen LogP contribution >= 0.6 is 0 Å². The van der Waals surface area contributed by atoms with Crippen LogP contribution in [-0.4, -0.2) is 42.7 Å². The van der Waals surface area contributed by atoms with E-state index in [4.69, 9.17) is 4.63 Å². The van der Waals surface area contributed by atoms with E-state index in [0.29, 0.717) is 23.5 Å². The van der Waals surface area contributed by atoms with Gasteiger partial charge in [-0.05, 0) is 25.8 Å². The highest BCUT2D eigenvalue weighted by molar-refractivity contribution is 5.92. The van der Waals surface area contributed by atoms with Gasteiger partial charge in [0.2, 0.25) is 0 Å². The number of amides is 1. The maximum atomic E-state index is 13.8. The van der Waals surface area contributed by atoms with E-state index in [1.807, 2.05) is 0 Å². The molecule has 3 heterocycles. The molecule has 9 heteroatoms. The number of aromatic nitrogens is 5. The number of rotatable bonds is 4. The molecule has 1 amide bonds. The van der Waals surface area contributed by atoms with Crippen molar-refractivity contribution in [1.82, 2.24) is 30.2 Å². The van der Waals surface area contributed by atoms with Gasteiger partial charge in [-0.15, -0.1) is 5.10 Å². The summed E-state index contributed by atoms with van der Waals surface area (Å²) in [4.78, 5) is 14.6. The average Bonchev–Trinajstić information content (AvgIpc) is 3.36. The third kappa shape index (κ3) is 2.96. The molecule has 26 heavy (non-hydrogen) atoms. The molecule has 0 spiro atoms. The quantitative estimate of drug-likeness (QED) is 0.711. The number of hydrogen-bond donors (Lipinski definition) is 0. The molecule has 1 fully saturated rings. The molecule has 0 bridgehead atoms. The van der Waals surface area contributed by atoms with Crippen LogP contribution in [0.1, 0.15) is 46.3 Å². The molecule has 2 aromatic heterocycles. The third-order valence-corrected chi connectivity index (χ3v) is 4.56. The van der Waals surface area contributed by atoms with Crippen molar-refractivity contribution < 1.29 is 13.8 Å². The Morgan fingerprint density at radius 1 is 1.35 bits per heavy atom. The number of hydrogen-bond acceptors (Lipinski definition) is 6. The zero-order valence-electron chi connectivity index (χ0n) is 14.2. The van der Waals surface area contributed by atoms with E-state index in [1.165, 1.54) is 16.9 Å². The van der Waals surface area contributed by atoms with Gasteiger partial charge in [0, 0.05) is 12.1 Å². The highest BCUT2D eigenvalue weighted by atomic mass is 19.1. The minimum atomic E-state index is -0.315. The number of aryl methyl sites for hydroxylation is 1. The molecule has 1 aliphatic rings. The lowest BCUT2D eigenvalue weighted by Crippen LogP contribution is -2.31. The fourth-order valence-corrected chi connectivity index (χ4v) is 3.26. The number of likely N-dealkylation sites (tertiary alicyclic amines) is 1. The highest BCUT2D eigenvalue weighted by Crippen LogP contribution is 2.33. The average molecular weight is 356 g/mol. The molecule has 0 N–H and O–H groups in total. The minimum absolute atomic E-state index is 0.175. The van der Waals surface area contributed by atoms with E-state index < -0.39 is 0 Å². The lowest BCUT2D eigenvalue weighted by Gasteiger charge is -2.21. The molecule has 8 nitrogen and oxygen atoms in total. The molecule has 134 valence electrons. The van der Waals surface area contributed by atoms with Gasteiger partial charge in [0.15, 0.2) is 5.69 Å². The summed E-state index contributed by atoms with van der Waals surface area (Å²) in [7, 11) is 0. The van der Waals surface area contributed by atoms with Gasteiger partial charge in [-0.2, -0.15) is 0 Å². The van der Waals surface area contributed by atoms with Crippen molar-refractivity contribution in [1.29, 1.82) is 0 Å². The Bertz CT molecular complexity index is 937. The molecule has 0 saturated carbocycles. The van der Waals surface area contributed by atoms with E-state index in [2.05, 4.69) is 20.6 Å². The first-order chi connectivity index (χ1) is 12.6. The molecular formula is C17H17FN6O2. The number of halogens is 1. The molecule has 4 rings (SSSR count). The molecule has 1 saturated heterocycles. The first-order valence-corrected chi connectivity index (χ1v) is 8.37. The number of carbonyl (C=O) groups excluding carboxylic acids is 1.